The summed E-state index contributed by atoms with van der Waals surface area (Å²) in [6.07, 6.45) is 4.43. The number of benzene rings is 1. The van der Waals surface area contributed by atoms with Gasteiger partial charge in [0.2, 0.25) is 0 Å². The van der Waals surface area contributed by atoms with E-state index >= 15 is 0 Å². The van der Waals surface area contributed by atoms with Gasteiger partial charge < -0.3 is 14.6 Å². The number of para-hydroxylation sites is 1. The molecule has 1 amide bonds. The van der Waals surface area contributed by atoms with Crippen LogP contribution >= 0.6 is 11.8 Å². The van der Waals surface area contributed by atoms with Crippen molar-refractivity contribution in [1.29, 1.82) is 0 Å². The number of amides is 1. The fraction of sp³-hybridized carbons (Fsp3) is 0.286. The smallest absolute Gasteiger partial charge is 0.258 e. The standard InChI is InChI=1S/C21H22N4O2S/c1-14-18(20(28-2)24-19(22-14)17-9-6-12-27-17)21(26)25-11-10-16(13-25)23-15-7-4-3-5-8-15/h3-9,12,16,23H,10-11,13H2,1-2H3. The van der Waals surface area contributed by atoms with Crippen LogP contribution in [0.3, 0.4) is 0 Å². The molecule has 1 aliphatic heterocycles. The highest BCUT2D eigenvalue weighted by atomic mass is 32.2. The van der Waals surface area contributed by atoms with Crippen molar-refractivity contribution in [2.45, 2.75) is 24.4 Å². The predicted molar refractivity (Wildman–Crippen MR) is 111 cm³/mol. The van der Waals surface area contributed by atoms with E-state index < -0.39 is 0 Å². The Hall–Kier alpha value is -2.80. The molecule has 1 atom stereocenters. The Balaban J connectivity index is 1.53. The number of aryl methyl sites for hydroxylation is 1. The maximum absolute atomic E-state index is 13.2. The van der Waals surface area contributed by atoms with Gasteiger partial charge in [-0.15, -0.1) is 11.8 Å². The van der Waals surface area contributed by atoms with Crippen LogP contribution in [0.1, 0.15) is 22.5 Å². The summed E-state index contributed by atoms with van der Waals surface area (Å²) in [6, 6.07) is 14.0. The Morgan fingerprint density at radius 2 is 2.04 bits per heavy atom. The fourth-order valence-electron chi connectivity index (χ4n) is 3.45. The minimum atomic E-state index is -0.00907. The van der Waals surface area contributed by atoms with Crippen LogP contribution < -0.4 is 5.32 Å². The summed E-state index contributed by atoms with van der Waals surface area (Å²) in [6.45, 7) is 3.24. The van der Waals surface area contributed by atoms with Crippen molar-refractivity contribution in [3.05, 3.63) is 60.0 Å². The summed E-state index contributed by atoms with van der Waals surface area (Å²) < 4.78 is 5.41. The van der Waals surface area contributed by atoms with Crippen LogP contribution in [0.25, 0.3) is 11.6 Å². The Morgan fingerprint density at radius 1 is 1.21 bits per heavy atom. The molecule has 1 fully saturated rings. The van der Waals surface area contributed by atoms with Crippen LogP contribution in [0.15, 0.2) is 58.2 Å². The van der Waals surface area contributed by atoms with E-state index in [1.807, 2.05) is 54.5 Å². The Kier molecular flexibility index (Phi) is 5.34. The van der Waals surface area contributed by atoms with Gasteiger partial charge in [0, 0.05) is 24.8 Å². The minimum absolute atomic E-state index is 0.00907. The topological polar surface area (TPSA) is 71.3 Å². The van der Waals surface area contributed by atoms with Gasteiger partial charge in [-0.2, -0.15) is 0 Å². The Labute approximate surface area is 168 Å². The third-order valence-corrected chi connectivity index (χ3v) is 5.51. The molecule has 0 spiro atoms. The van der Waals surface area contributed by atoms with Crippen molar-refractivity contribution in [2.75, 3.05) is 24.7 Å². The van der Waals surface area contributed by atoms with Crippen LogP contribution in [0.2, 0.25) is 0 Å². The summed E-state index contributed by atoms with van der Waals surface area (Å²) in [5.74, 6) is 1.10. The minimum Gasteiger partial charge on any atom is -0.461 e. The molecule has 1 unspecified atom stereocenters. The number of carbonyl (C=O) groups excluding carboxylic acids is 1. The highest BCUT2D eigenvalue weighted by Gasteiger charge is 2.30. The van der Waals surface area contributed by atoms with Crippen molar-refractivity contribution in [1.82, 2.24) is 14.9 Å². The number of thioether (sulfide) groups is 1. The number of nitrogens with zero attached hydrogens (tertiary/aromatic N) is 3. The monoisotopic (exact) mass is 394 g/mol. The maximum Gasteiger partial charge on any atom is 0.258 e. The molecule has 3 aromatic rings. The molecule has 1 N–H and O–H groups in total. The molecule has 3 heterocycles. The number of hydrogen-bond acceptors (Lipinski definition) is 6. The predicted octanol–water partition coefficient (Wildman–Crippen LogP) is 4.09. The molecule has 0 saturated carbocycles. The van der Waals surface area contributed by atoms with E-state index in [2.05, 4.69) is 15.3 Å². The molecule has 4 rings (SSSR count). The molecule has 1 aliphatic rings. The molecule has 0 aliphatic carbocycles. The van der Waals surface area contributed by atoms with Crippen molar-refractivity contribution in [3.8, 4) is 11.6 Å². The second kappa shape index (κ2) is 8.06. The van der Waals surface area contributed by atoms with Crippen LogP contribution in [0.5, 0.6) is 0 Å². The molecule has 6 nitrogen and oxygen atoms in total. The first kappa shape index (κ1) is 18.6. The lowest BCUT2D eigenvalue weighted by Crippen LogP contribution is -2.32. The average Bonchev–Trinajstić information content (AvgIpc) is 3.40. The van der Waals surface area contributed by atoms with E-state index in [9.17, 15) is 4.79 Å². The molecule has 1 aromatic carbocycles. The molecule has 0 radical (unpaired) electrons. The van der Waals surface area contributed by atoms with Gasteiger partial charge >= 0.3 is 0 Å². The quantitative estimate of drug-likeness (QED) is 0.519. The molecule has 144 valence electrons. The summed E-state index contributed by atoms with van der Waals surface area (Å²) in [4.78, 5) is 24.2. The van der Waals surface area contributed by atoms with Gasteiger partial charge in [0.25, 0.3) is 5.91 Å². The van der Waals surface area contributed by atoms with Gasteiger partial charge in [-0.25, -0.2) is 9.97 Å². The summed E-state index contributed by atoms with van der Waals surface area (Å²) in [7, 11) is 0. The molecular weight excluding hydrogens is 372 g/mol. The first-order chi connectivity index (χ1) is 13.7. The van der Waals surface area contributed by atoms with Crippen molar-refractivity contribution < 1.29 is 9.21 Å². The van der Waals surface area contributed by atoms with Gasteiger partial charge in [0.1, 0.15) is 5.03 Å². The number of rotatable bonds is 5. The largest absolute Gasteiger partial charge is 0.461 e. The third kappa shape index (κ3) is 3.75. The lowest BCUT2D eigenvalue weighted by Gasteiger charge is -2.20. The highest BCUT2D eigenvalue weighted by Crippen LogP contribution is 2.27. The third-order valence-electron chi connectivity index (χ3n) is 4.83. The van der Waals surface area contributed by atoms with Crippen molar-refractivity contribution >= 4 is 23.4 Å². The highest BCUT2D eigenvalue weighted by molar-refractivity contribution is 7.98. The van der Waals surface area contributed by atoms with Gasteiger partial charge in [-0.1, -0.05) is 18.2 Å². The fourth-order valence-corrected chi connectivity index (χ4v) is 4.06. The first-order valence-electron chi connectivity index (χ1n) is 9.23. The second-order valence-electron chi connectivity index (χ2n) is 6.74. The van der Waals surface area contributed by atoms with Crippen LogP contribution in [0, 0.1) is 6.92 Å². The van der Waals surface area contributed by atoms with Crippen LogP contribution in [0.4, 0.5) is 5.69 Å². The number of carbonyl (C=O) groups is 1. The zero-order valence-corrected chi connectivity index (χ0v) is 16.7. The lowest BCUT2D eigenvalue weighted by atomic mass is 10.2. The van der Waals surface area contributed by atoms with E-state index in [1.165, 1.54) is 11.8 Å². The van der Waals surface area contributed by atoms with Gasteiger partial charge in [-0.05, 0) is 43.9 Å². The molecule has 2 aromatic heterocycles. The maximum atomic E-state index is 13.2. The number of aromatic nitrogens is 2. The number of anilines is 1. The lowest BCUT2D eigenvalue weighted by molar-refractivity contribution is 0.0786. The number of likely N-dealkylation sites (tertiary alicyclic amines) is 1. The molecular formula is C21H22N4O2S. The zero-order chi connectivity index (χ0) is 19.5. The average molecular weight is 395 g/mol. The zero-order valence-electron chi connectivity index (χ0n) is 15.9. The summed E-state index contributed by atoms with van der Waals surface area (Å²) in [5.41, 5.74) is 2.34. The van der Waals surface area contributed by atoms with E-state index in [0.29, 0.717) is 34.4 Å². The van der Waals surface area contributed by atoms with Crippen LogP contribution in [-0.4, -0.2) is 46.2 Å². The summed E-state index contributed by atoms with van der Waals surface area (Å²) >= 11 is 1.46. The number of furan rings is 1. The molecule has 28 heavy (non-hydrogen) atoms. The van der Waals surface area contributed by atoms with E-state index in [1.54, 1.807) is 12.3 Å². The van der Waals surface area contributed by atoms with E-state index in [0.717, 1.165) is 18.7 Å². The Morgan fingerprint density at radius 3 is 2.75 bits per heavy atom. The van der Waals surface area contributed by atoms with Crippen LogP contribution in [-0.2, 0) is 0 Å². The van der Waals surface area contributed by atoms with E-state index in [-0.39, 0.29) is 11.9 Å². The normalized spacial score (nSPS) is 16.4. The molecule has 7 heteroatoms. The number of nitrogens with one attached hydrogen (secondary N) is 1. The first-order valence-corrected chi connectivity index (χ1v) is 10.5. The summed E-state index contributed by atoms with van der Waals surface area (Å²) in [5, 5.41) is 4.19. The molecule has 0 bridgehead atoms. The SMILES string of the molecule is CSc1nc(-c2ccco2)nc(C)c1C(=O)N1CCC(Nc2ccccc2)C1. The van der Waals surface area contributed by atoms with E-state index in [4.69, 9.17) is 4.42 Å². The van der Waals surface area contributed by atoms with Crippen molar-refractivity contribution in [3.63, 3.8) is 0 Å². The Bertz CT molecular complexity index is 960. The van der Waals surface area contributed by atoms with Gasteiger partial charge in [-0.3, -0.25) is 4.79 Å². The second-order valence-corrected chi connectivity index (χ2v) is 7.54. The van der Waals surface area contributed by atoms with Gasteiger partial charge in [0.15, 0.2) is 11.6 Å². The van der Waals surface area contributed by atoms with Gasteiger partial charge in [0.05, 0.1) is 17.5 Å². The van der Waals surface area contributed by atoms with Crippen molar-refractivity contribution in [2.24, 2.45) is 0 Å². The number of hydrogen-bond donors (Lipinski definition) is 1. The molecule has 1 saturated heterocycles.